The van der Waals surface area contributed by atoms with Gasteiger partial charge >= 0.3 is 0 Å². The van der Waals surface area contributed by atoms with Gasteiger partial charge in [-0.05, 0) is 55.6 Å². The van der Waals surface area contributed by atoms with E-state index >= 15 is 0 Å². The molecule has 1 aliphatic heterocycles. The molecule has 24 heavy (non-hydrogen) atoms. The van der Waals surface area contributed by atoms with Crippen LogP contribution in [-0.2, 0) is 6.54 Å². The normalized spacial score (nSPS) is 16.6. The first-order valence-corrected chi connectivity index (χ1v) is 9.18. The minimum absolute atomic E-state index is 0.663. The van der Waals surface area contributed by atoms with E-state index in [1.54, 1.807) is 13.3 Å². The van der Waals surface area contributed by atoms with Gasteiger partial charge in [0.15, 0.2) is 0 Å². The van der Waals surface area contributed by atoms with E-state index in [2.05, 4.69) is 68.3 Å². The highest BCUT2D eigenvalue weighted by atomic mass is 79.9. The van der Waals surface area contributed by atoms with Crippen LogP contribution in [-0.4, -0.2) is 30.1 Å². The second-order valence-corrected chi connectivity index (χ2v) is 7.12. The van der Waals surface area contributed by atoms with Gasteiger partial charge in [-0.3, -0.25) is 4.90 Å². The zero-order chi connectivity index (χ0) is 16.8. The summed E-state index contributed by atoms with van der Waals surface area (Å²) in [6, 6.07) is 12.5. The maximum Gasteiger partial charge on any atom is 0.217 e. The van der Waals surface area contributed by atoms with Crippen molar-refractivity contribution < 1.29 is 4.74 Å². The van der Waals surface area contributed by atoms with E-state index in [0.29, 0.717) is 5.92 Å². The smallest absolute Gasteiger partial charge is 0.217 e. The van der Waals surface area contributed by atoms with Crippen molar-refractivity contribution in [1.29, 1.82) is 0 Å². The topological polar surface area (TPSA) is 25.4 Å². The van der Waals surface area contributed by atoms with Gasteiger partial charge in [0.25, 0.3) is 0 Å². The van der Waals surface area contributed by atoms with Gasteiger partial charge in [-0.2, -0.15) is 0 Å². The molecule has 1 aromatic carbocycles. The fourth-order valence-electron chi connectivity index (χ4n) is 3.13. The number of pyridine rings is 1. The Morgan fingerprint density at radius 2 is 2.08 bits per heavy atom. The van der Waals surface area contributed by atoms with Crippen molar-refractivity contribution in [2.45, 2.75) is 19.4 Å². The van der Waals surface area contributed by atoms with Crippen LogP contribution in [0.4, 0.5) is 0 Å². The molecule has 0 N–H and O–H groups in total. The molecule has 0 unspecified atom stereocenters. The molecule has 1 aliphatic rings. The SMILES string of the molecule is COc1ncccc1CN1CCC(/C=C/c2cccc(Br)c2)CC1. The first-order valence-electron chi connectivity index (χ1n) is 8.38. The van der Waals surface area contributed by atoms with Gasteiger partial charge in [0, 0.05) is 22.8 Å². The first kappa shape index (κ1) is 17.2. The Labute approximate surface area is 152 Å². The van der Waals surface area contributed by atoms with Gasteiger partial charge in [-0.1, -0.05) is 46.3 Å². The van der Waals surface area contributed by atoms with Gasteiger partial charge in [-0.15, -0.1) is 0 Å². The third-order valence-corrected chi connectivity index (χ3v) is 4.97. The van der Waals surface area contributed by atoms with Gasteiger partial charge < -0.3 is 4.74 Å². The molecule has 0 spiro atoms. The Kier molecular flexibility index (Phi) is 6.05. The van der Waals surface area contributed by atoms with Gasteiger partial charge in [-0.25, -0.2) is 4.98 Å². The van der Waals surface area contributed by atoms with Crippen LogP contribution in [0.5, 0.6) is 5.88 Å². The number of ether oxygens (including phenoxy) is 1. The summed E-state index contributed by atoms with van der Waals surface area (Å²) in [7, 11) is 1.69. The molecule has 126 valence electrons. The summed E-state index contributed by atoms with van der Waals surface area (Å²) in [5, 5.41) is 0. The standard InChI is InChI=1S/C20H23BrN2O/c1-24-20-18(5-3-11-22-20)15-23-12-9-16(10-13-23)7-8-17-4-2-6-19(21)14-17/h2-8,11,14,16H,9-10,12-13,15H2,1H3/b8-7+. The van der Waals surface area contributed by atoms with Gasteiger partial charge in [0.2, 0.25) is 5.88 Å². The Balaban J connectivity index is 1.52. The van der Waals surface area contributed by atoms with Crippen LogP contribution < -0.4 is 4.74 Å². The second kappa shape index (κ2) is 8.45. The number of hydrogen-bond acceptors (Lipinski definition) is 3. The fourth-order valence-corrected chi connectivity index (χ4v) is 3.55. The molecule has 3 rings (SSSR count). The molecule has 0 saturated carbocycles. The van der Waals surface area contributed by atoms with Crippen molar-refractivity contribution in [2.75, 3.05) is 20.2 Å². The fraction of sp³-hybridized carbons (Fsp3) is 0.350. The van der Waals surface area contributed by atoms with Crippen LogP contribution in [0.15, 0.2) is 53.1 Å². The Bertz CT molecular complexity index is 694. The average molecular weight is 387 g/mol. The molecule has 0 aliphatic carbocycles. The highest BCUT2D eigenvalue weighted by Crippen LogP contribution is 2.23. The average Bonchev–Trinajstić information content (AvgIpc) is 2.62. The molecule has 1 fully saturated rings. The van der Waals surface area contributed by atoms with Crippen molar-refractivity contribution in [3.8, 4) is 5.88 Å². The number of piperidine rings is 1. The monoisotopic (exact) mass is 386 g/mol. The van der Waals surface area contributed by atoms with E-state index in [-0.39, 0.29) is 0 Å². The number of methoxy groups -OCH3 is 1. The number of aromatic nitrogens is 1. The quantitative estimate of drug-likeness (QED) is 0.739. The zero-order valence-electron chi connectivity index (χ0n) is 14.0. The largest absolute Gasteiger partial charge is 0.481 e. The summed E-state index contributed by atoms with van der Waals surface area (Å²) in [5.74, 6) is 1.41. The summed E-state index contributed by atoms with van der Waals surface area (Å²) in [5.41, 5.74) is 2.43. The van der Waals surface area contributed by atoms with E-state index in [4.69, 9.17) is 4.74 Å². The molecule has 3 nitrogen and oxygen atoms in total. The first-order chi connectivity index (χ1) is 11.7. The summed E-state index contributed by atoms with van der Waals surface area (Å²) < 4.78 is 6.48. The number of allylic oxidation sites excluding steroid dienone is 1. The summed E-state index contributed by atoms with van der Waals surface area (Å²) in [6.07, 6.45) is 8.79. The van der Waals surface area contributed by atoms with Crippen molar-refractivity contribution in [1.82, 2.24) is 9.88 Å². The van der Waals surface area contributed by atoms with Crippen molar-refractivity contribution in [3.05, 3.63) is 64.3 Å². The van der Waals surface area contributed by atoms with Gasteiger partial charge in [0.05, 0.1) is 7.11 Å². The molecular weight excluding hydrogens is 364 g/mol. The number of likely N-dealkylation sites (tertiary alicyclic amines) is 1. The lowest BCUT2D eigenvalue weighted by atomic mass is 9.95. The van der Waals surface area contributed by atoms with Crippen LogP contribution in [0.25, 0.3) is 6.08 Å². The highest BCUT2D eigenvalue weighted by molar-refractivity contribution is 9.10. The predicted octanol–water partition coefficient (Wildman–Crippen LogP) is 4.78. The third kappa shape index (κ3) is 4.68. The van der Waals surface area contributed by atoms with Crippen LogP contribution in [0.1, 0.15) is 24.0 Å². The predicted molar refractivity (Wildman–Crippen MR) is 102 cm³/mol. The molecule has 4 heteroatoms. The van der Waals surface area contributed by atoms with Crippen LogP contribution in [0.3, 0.4) is 0 Å². The molecule has 1 saturated heterocycles. The number of rotatable bonds is 5. The van der Waals surface area contributed by atoms with E-state index in [9.17, 15) is 0 Å². The Morgan fingerprint density at radius 1 is 1.25 bits per heavy atom. The molecule has 2 heterocycles. The lowest BCUT2D eigenvalue weighted by Gasteiger charge is -2.30. The van der Waals surface area contributed by atoms with Crippen molar-refractivity contribution in [3.63, 3.8) is 0 Å². The van der Waals surface area contributed by atoms with Crippen molar-refractivity contribution >= 4 is 22.0 Å². The summed E-state index contributed by atoms with van der Waals surface area (Å²) in [4.78, 5) is 6.77. The number of benzene rings is 1. The highest BCUT2D eigenvalue weighted by Gasteiger charge is 2.18. The van der Waals surface area contributed by atoms with Crippen molar-refractivity contribution in [2.24, 2.45) is 5.92 Å². The van der Waals surface area contributed by atoms with Gasteiger partial charge in [0.1, 0.15) is 0 Å². The molecule has 0 bridgehead atoms. The van der Waals surface area contributed by atoms with Crippen LogP contribution in [0, 0.1) is 5.92 Å². The van der Waals surface area contributed by atoms with E-state index < -0.39 is 0 Å². The van der Waals surface area contributed by atoms with Crippen LogP contribution >= 0.6 is 15.9 Å². The van der Waals surface area contributed by atoms with E-state index in [1.165, 1.54) is 24.0 Å². The molecule has 0 atom stereocenters. The Morgan fingerprint density at radius 3 is 2.83 bits per heavy atom. The number of halogens is 1. The molecule has 0 radical (unpaired) electrons. The maximum atomic E-state index is 5.35. The zero-order valence-corrected chi connectivity index (χ0v) is 15.6. The summed E-state index contributed by atoms with van der Waals surface area (Å²) >= 11 is 3.52. The second-order valence-electron chi connectivity index (χ2n) is 6.20. The molecule has 2 aromatic rings. The lowest BCUT2D eigenvalue weighted by Crippen LogP contribution is -2.32. The molecular formula is C20H23BrN2O. The maximum absolute atomic E-state index is 5.35. The molecule has 1 aromatic heterocycles. The molecule has 0 amide bonds. The lowest BCUT2D eigenvalue weighted by molar-refractivity contribution is 0.193. The minimum atomic E-state index is 0.663. The van der Waals surface area contributed by atoms with E-state index in [0.717, 1.165) is 30.0 Å². The third-order valence-electron chi connectivity index (χ3n) is 4.48. The Hall–Kier alpha value is -1.65. The van der Waals surface area contributed by atoms with E-state index in [1.807, 2.05) is 6.07 Å². The number of hydrogen-bond donors (Lipinski definition) is 0. The summed E-state index contributed by atoms with van der Waals surface area (Å²) in [6.45, 7) is 3.15. The minimum Gasteiger partial charge on any atom is -0.481 e. The van der Waals surface area contributed by atoms with Crippen LogP contribution in [0.2, 0.25) is 0 Å². The number of nitrogens with zero attached hydrogens (tertiary/aromatic N) is 2.